The molecule has 1 amide bonds. The molecule has 1 fully saturated rings. The molecule has 5 rings (SSSR count). The number of aryl methyl sites for hydroxylation is 1. The molecule has 200 valence electrons. The van der Waals surface area contributed by atoms with Crippen LogP contribution in [0.2, 0.25) is 0 Å². The molecule has 3 aromatic carbocycles. The third-order valence-electron chi connectivity index (χ3n) is 6.50. The summed E-state index contributed by atoms with van der Waals surface area (Å²) in [5.74, 6) is -2.40. The van der Waals surface area contributed by atoms with E-state index in [4.69, 9.17) is 9.47 Å². The number of halogens is 3. The van der Waals surface area contributed by atoms with E-state index in [1.54, 1.807) is 29.1 Å². The van der Waals surface area contributed by atoms with Gasteiger partial charge in [0.2, 0.25) is 0 Å². The summed E-state index contributed by atoms with van der Waals surface area (Å²) in [5, 5.41) is 1.89. The summed E-state index contributed by atoms with van der Waals surface area (Å²) in [5.41, 5.74) is 2.76. The van der Waals surface area contributed by atoms with Crippen molar-refractivity contribution in [3.05, 3.63) is 95.6 Å². The normalized spacial score (nSPS) is 16.7. The minimum Gasteiger partial charge on any atom is -0.495 e. The van der Waals surface area contributed by atoms with Gasteiger partial charge in [-0.2, -0.15) is 13.2 Å². The number of imidazole rings is 1. The van der Waals surface area contributed by atoms with Crippen molar-refractivity contribution in [2.75, 3.05) is 13.7 Å². The highest BCUT2D eigenvalue weighted by Gasteiger charge is 2.46. The fraction of sp³-hybridized carbons (Fsp3) is 0.207. The molecule has 0 N–H and O–H groups in total. The number of nitrogens with zero attached hydrogens (tertiary/aromatic N) is 3. The lowest BCUT2D eigenvalue weighted by Gasteiger charge is -2.18. The number of carbonyl (C=O) groups excluding carboxylic acids is 2. The number of benzene rings is 3. The van der Waals surface area contributed by atoms with Gasteiger partial charge in [0.1, 0.15) is 11.9 Å². The summed E-state index contributed by atoms with van der Waals surface area (Å²) >= 11 is 0. The Bertz CT molecular complexity index is 1590. The van der Waals surface area contributed by atoms with Crippen molar-refractivity contribution in [2.24, 2.45) is 0 Å². The summed E-state index contributed by atoms with van der Waals surface area (Å²) < 4.78 is 51.3. The summed E-state index contributed by atoms with van der Waals surface area (Å²) in [6.45, 7) is 1.78. The highest BCUT2D eigenvalue weighted by Crippen LogP contribution is 2.31. The first-order valence-corrected chi connectivity index (χ1v) is 12.1. The minimum absolute atomic E-state index is 0.0545. The first kappa shape index (κ1) is 26.0. The Morgan fingerprint density at radius 2 is 1.90 bits per heavy atom. The number of carbonyl (C=O) groups is 2. The van der Waals surface area contributed by atoms with Crippen LogP contribution < -0.4 is 4.74 Å². The Hall–Kier alpha value is -4.60. The quantitative estimate of drug-likeness (QED) is 0.249. The van der Waals surface area contributed by atoms with Gasteiger partial charge in [0.05, 0.1) is 36.9 Å². The van der Waals surface area contributed by atoms with Crippen LogP contribution in [0.25, 0.3) is 22.5 Å². The summed E-state index contributed by atoms with van der Waals surface area (Å²) in [7, 11) is 1.49. The number of rotatable bonds is 6. The van der Waals surface area contributed by atoms with E-state index in [1.165, 1.54) is 18.1 Å². The van der Waals surface area contributed by atoms with Crippen molar-refractivity contribution in [2.45, 2.75) is 25.7 Å². The first-order valence-electron chi connectivity index (χ1n) is 12.1. The highest BCUT2D eigenvalue weighted by atomic mass is 19.4. The summed E-state index contributed by atoms with van der Waals surface area (Å²) in [6, 6.07) is 18.4. The Balaban J connectivity index is 1.49. The second-order valence-electron chi connectivity index (χ2n) is 9.17. The van der Waals surface area contributed by atoms with E-state index in [2.05, 4.69) is 4.98 Å². The molecule has 1 aromatic heterocycles. The molecule has 39 heavy (non-hydrogen) atoms. The maximum Gasteiger partial charge on any atom is 0.490 e. The number of hydrogen-bond acceptors (Lipinski definition) is 5. The van der Waals surface area contributed by atoms with Crippen molar-refractivity contribution < 1.29 is 32.2 Å². The van der Waals surface area contributed by atoms with Crippen molar-refractivity contribution in [1.82, 2.24) is 14.5 Å². The van der Waals surface area contributed by atoms with E-state index < -0.39 is 24.2 Å². The molecule has 1 aliphatic rings. The summed E-state index contributed by atoms with van der Waals surface area (Å²) in [6.07, 6.45) is -1.71. The van der Waals surface area contributed by atoms with Gasteiger partial charge in [-0.1, -0.05) is 48.5 Å². The molecule has 4 aromatic rings. The predicted molar refractivity (Wildman–Crippen MR) is 138 cm³/mol. The zero-order chi connectivity index (χ0) is 27.7. The molecule has 0 spiro atoms. The summed E-state index contributed by atoms with van der Waals surface area (Å²) in [4.78, 5) is 30.8. The maximum absolute atomic E-state index is 13.5. The van der Waals surface area contributed by atoms with Crippen LogP contribution in [-0.4, -0.2) is 52.3 Å². The largest absolute Gasteiger partial charge is 0.495 e. The smallest absolute Gasteiger partial charge is 0.490 e. The molecule has 2 heterocycles. The first-order chi connectivity index (χ1) is 18.6. The number of methoxy groups -OCH3 is 1. The fourth-order valence-electron chi connectivity index (χ4n) is 4.66. The average molecular weight is 536 g/mol. The monoisotopic (exact) mass is 535 g/mol. The van der Waals surface area contributed by atoms with E-state index in [1.807, 2.05) is 55.6 Å². The van der Waals surface area contributed by atoms with Crippen molar-refractivity contribution in [3.8, 4) is 11.4 Å². The molecule has 0 aliphatic carbocycles. The number of hydrogen-bond donors (Lipinski definition) is 0. The van der Waals surface area contributed by atoms with Gasteiger partial charge in [-0.15, -0.1) is 0 Å². The lowest BCUT2D eigenvalue weighted by Crippen LogP contribution is -2.32. The van der Waals surface area contributed by atoms with E-state index >= 15 is 0 Å². The molecular weight excluding hydrogens is 511 g/mol. The Morgan fingerprint density at radius 3 is 2.62 bits per heavy atom. The van der Waals surface area contributed by atoms with Crippen LogP contribution >= 0.6 is 0 Å². The van der Waals surface area contributed by atoms with Crippen molar-refractivity contribution >= 4 is 28.7 Å². The Kier molecular flexibility index (Phi) is 6.86. The van der Waals surface area contributed by atoms with Gasteiger partial charge in [0, 0.05) is 12.7 Å². The minimum atomic E-state index is -5.19. The zero-order valence-electron chi connectivity index (χ0n) is 21.1. The second-order valence-corrected chi connectivity index (χ2v) is 9.17. The van der Waals surface area contributed by atoms with Gasteiger partial charge in [-0.25, -0.2) is 9.78 Å². The van der Waals surface area contributed by atoms with Crippen LogP contribution in [0.4, 0.5) is 13.2 Å². The lowest BCUT2D eigenvalue weighted by atomic mass is 10.0. The molecule has 1 saturated heterocycles. The fourth-order valence-corrected chi connectivity index (χ4v) is 4.66. The van der Waals surface area contributed by atoms with E-state index in [-0.39, 0.29) is 18.7 Å². The molecular formula is C29H24F3N3O4. The van der Waals surface area contributed by atoms with Crippen LogP contribution in [0, 0.1) is 6.92 Å². The van der Waals surface area contributed by atoms with Gasteiger partial charge < -0.3 is 18.9 Å². The number of amides is 1. The lowest BCUT2D eigenvalue weighted by molar-refractivity contribution is -0.202. The number of alkyl halides is 3. The Morgan fingerprint density at radius 1 is 1.13 bits per heavy atom. The third kappa shape index (κ3) is 5.36. The topological polar surface area (TPSA) is 73.7 Å². The van der Waals surface area contributed by atoms with E-state index in [9.17, 15) is 22.8 Å². The van der Waals surface area contributed by atoms with E-state index in [0.717, 1.165) is 22.0 Å². The molecule has 0 bridgehead atoms. The van der Waals surface area contributed by atoms with Crippen LogP contribution in [0.3, 0.4) is 0 Å². The second kappa shape index (κ2) is 10.3. The molecule has 1 unspecified atom stereocenters. The number of esters is 1. The number of ether oxygens (including phenoxy) is 2. The third-order valence-corrected chi connectivity index (χ3v) is 6.50. The maximum atomic E-state index is 13.5. The van der Waals surface area contributed by atoms with Gasteiger partial charge in [0.25, 0.3) is 5.91 Å². The van der Waals surface area contributed by atoms with Gasteiger partial charge in [0.15, 0.2) is 0 Å². The average Bonchev–Trinajstić information content (AvgIpc) is 3.47. The van der Waals surface area contributed by atoms with Gasteiger partial charge in [-0.05, 0) is 47.0 Å². The molecule has 1 atom stereocenters. The van der Waals surface area contributed by atoms with Crippen LogP contribution in [0.1, 0.15) is 16.8 Å². The SMILES string of the molecule is COc1cc(/C=C2\C(=O)N(Cc3cccc4ccccc34)CC2OC(=O)C(F)(F)F)ccc1-n1cnc(C)c1. The molecule has 1 aliphatic heterocycles. The van der Waals surface area contributed by atoms with Crippen LogP contribution in [0.5, 0.6) is 5.75 Å². The number of aromatic nitrogens is 2. The Labute approximate surface area is 222 Å². The molecule has 0 saturated carbocycles. The number of fused-ring (bicyclic) bond motifs is 1. The molecule has 7 nitrogen and oxygen atoms in total. The zero-order valence-corrected chi connectivity index (χ0v) is 21.1. The van der Waals surface area contributed by atoms with Crippen molar-refractivity contribution in [3.63, 3.8) is 0 Å². The van der Waals surface area contributed by atoms with Crippen LogP contribution in [-0.2, 0) is 20.9 Å². The van der Waals surface area contributed by atoms with Crippen molar-refractivity contribution in [1.29, 1.82) is 0 Å². The molecule has 0 radical (unpaired) electrons. The predicted octanol–water partition coefficient (Wildman–Crippen LogP) is 5.24. The number of likely N-dealkylation sites (tertiary alicyclic amines) is 1. The highest BCUT2D eigenvalue weighted by molar-refractivity contribution is 6.02. The standard InChI is InChI=1S/C29H24F3N3O4/c1-18-14-35(17-33-18)24-11-10-19(13-25(24)38-2)12-23-26(39-28(37)29(30,31)32)16-34(27(23)36)15-21-8-5-7-20-6-3-4-9-22(20)21/h3-14,17,26H,15-16H2,1-2H3/b23-12-. The van der Waals surface area contributed by atoms with E-state index in [0.29, 0.717) is 17.0 Å². The van der Waals surface area contributed by atoms with Gasteiger partial charge in [-0.3, -0.25) is 4.79 Å². The van der Waals surface area contributed by atoms with Crippen LogP contribution in [0.15, 0.2) is 78.8 Å². The van der Waals surface area contributed by atoms with Gasteiger partial charge >= 0.3 is 12.1 Å². The molecule has 10 heteroatoms.